The van der Waals surface area contributed by atoms with Crippen LogP contribution in [0.3, 0.4) is 0 Å². The highest BCUT2D eigenvalue weighted by Gasteiger charge is 2.03. The molecule has 1 rings (SSSR count). The van der Waals surface area contributed by atoms with Crippen molar-refractivity contribution in [2.75, 3.05) is 0 Å². The Kier molecular flexibility index (Phi) is 3.74. The first-order valence-electron chi connectivity index (χ1n) is 4.79. The van der Waals surface area contributed by atoms with Crippen LogP contribution in [0, 0.1) is 6.92 Å². The Balaban J connectivity index is 2.30. The lowest BCUT2D eigenvalue weighted by Gasteiger charge is -1.96. The van der Waals surface area contributed by atoms with E-state index in [0.717, 1.165) is 24.4 Å². The van der Waals surface area contributed by atoms with E-state index in [1.54, 1.807) is 0 Å². The Labute approximate surface area is 78.9 Å². The Morgan fingerprint density at radius 1 is 1.38 bits per heavy atom. The van der Waals surface area contributed by atoms with Gasteiger partial charge in [-0.3, -0.25) is 4.79 Å². The number of aryl methyl sites for hydroxylation is 2. The zero-order valence-corrected chi connectivity index (χ0v) is 8.30. The van der Waals surface area contributed by atoms with Gasteiger partial charge in [0.2, 0.25) is 0 Å². The van der Waals surface area contributed by atoms with Crippen LogP contribution in [0.5, 0.6) is 0 Å². The number of hydrogen-bond donors (Lipinski definition) is 0. The van der Waals surface area contributed by atoms with Gasteiger partial charge in [-0.25, -0.2) is 0 Å². The fraction of sp³-hybridized carbons (Fsp3) is 0.545. The molecule has 0 amide bonds. The number of hydrogen-bond acceptors (Lipinski definition) is 2. The highest BCUT2D eigenvalue weighted by Crippen LogP contribution is 2.09. The fourth-order valence-electron chi connectivity index (χ4n) is 1.29. The third-order valence-electron chi connectivity index (χ3n) is 1.98. The summed E-state index contributed by atoms with van der Waals surface area (Å²) in [4.78, 5) is 11.2. The highest BCUT2D eigenvalue weighted by molar-refractivity contribution is 5.78. The lowest BCUT2D eigenvalue weighted by Crippen LogP contribution is -1.98. The minimum Gasteiger partial charge on any atom is -0.466 e. The topological polar surface area (TPSA) is 30.2 Å². The maximum atomic E-state index is 11.2. The third-order valence-corrected chi connectivity index (χ3v) is 1.98. The van der Waals surface area contributed by atoms with E-state index in [2.05, 4.69) is 0 Å². The van der Waals surface area contributed by atoms with Crippen molar-refractivity contribution in [2.24, 2.45) is 0 Å². The molecule has 0 saturated carbocycles. The van der Waals surface area contributed by atoms with Gasteiger partial charge in [0.1, 0.15) is 17.3 Å². The summed E-state index contributed by atoms with van der Waals surface area (Å²) < 4.78 is 5.36. The van der Waals surface area contributed by atoms with Gasteiger partial charge in [-0.2, -0.15) is 0 Å². The van der Waals surface area contributed by atoms with E-state index in [-0.39, 0.29) is 0 Å². The van der Waals surface area contributed by atoms with Crippen molar-refractivity contribution in [1.82, 2.24) is 0 Å². The average molecular weight is 180 g/mol. The summed E-state index contributed by atoms with van der Waals surface area (Å²) in [5.74, 6) is 2.16. The summed E-state index contributed by atoms with van der Waals surface area (Å²) in [5, 5.41) is 0. The summed E-state index contributed by atoms with van der Waals surface area (Å²) in [6.45, 7) is 3.94. The van der Waals surface area contributed by atoms with Crippen LogP contribution in [0.1, 0.15) is 37.7 Å². The van der Waals surface area contributed by atoms with E-state index in [1.165, 1.54) is 0 Å². The Morgan fingerprint density at radius 3 is 2.69 bits per heavy atom. The first kappa shape index (κ1) is 10.0. The maximum absolute atomic E-state index is 11.2. The average Bonchev–Trinajstić information content (AvgIpc) is 2.49. The van der Waals surface area contributed by atoms with E-state index < -0.39 is 0 Å². The van der Waals surface area contributed by atoms with E-state index in [9.17, 15) is 4.79 Å². The van der Waals surface area contributed by atoms with Crippen LogP contribution >= 0.6 is 0 Å². The molecule has 1 heterocycles. The first-order chi connectivity index (χ1) is 6.22. The van der Waals surface area contributed by atoms with Crippen molar-refractivity contribution in [1.29, 1.82) is 0 Å². The smallest absolute Gasteiger partial charge is 0.133 e. The predicted octanol–water partition coefficient (Wildman–Crippen LogP) is 2.89. The maximum Gasteiger partial charge on any atom is 0.133 e. The lowest BCUT2D eigenvalue weighted by molar-refractivity contribution is -0.119. The minimum absolute atomic E-state index is 0.330. The van der Waals surface area contributed by atoms with Crippen molar-refractivity contribution in [3.05, 3.63) is 23.7 Å². The quantitative estimate of drug-likeness (QED) is 0.697. The van der Waals surface area contributed by atoms with Gasteiger partial charge in [0, 0.05) is 19.3 Å². The van der Waals surface area contributed by atoms with Crippen LogP contribution in [0.2, 0.25) is 0 Å². The summed E-state index contributed by atoms with van der Waals surface area (Å²) in [6.07, 6.45) is 2.99. The third kappa shape index (κ3) is 3.45. The molecule has 0 spiro atoms. The summed E-state index contributed by atoms with van der Waals surface area (Å²) in [5.41, 5.74) is 0. The second-order valence-corrected chi connectivity index (χ2v) is 3.30. The molecular formula is C11H16O2. The Hall–Kier alpha value is -1.05. The van der Waals surface area contributed by atoms with Crippen LogP contribution in [-0.4, -0.2) is 5.78 Å². The fourth-order valence-corrected chi connectivity index (χ4v) is 1.29. The molecule has 2 nitrogen and oxygen atoms in total. The lowest BCUT2D eigenvalue weighted by atomic mass is 10.1. The van der Waals surface area contributed by atoms with Crippen molar-refractivity contribution in [2.45, 2.75) is 39.5 Å². The van der Waals surface area contributed by atoms with Gasteiger partial charge in [-0.05, 0) is 25.5 Å². The summed E-state index contributed by atoms with van der Waals surface area (Å²) >= 11 is 0. The molecule has 1 aromatic rings. The zero-order valence-electron chi connectivity index (χ0n) is 8.30. The van der Waals surface area contributed by atoms with E-state index in [0.29, 0.717) is 18.6 Å². The minimum atomic E-state index is 0.330. The van der Waals surface area contributed by atoms with Gasteiger partial charge in [0.05, 0.1) is 0 Å². The highest BCUT2D eigenvalue weighted by atomic mass is 16.3. The summed E-state index contributed by atoms with van der Waals surface area (Å²) in [7, 11) is 0. The number of ketones is 1. The van der Waals surface area contributed by atoms with Crippen LogP contribution in [0.15, 0.2) is 16.5 Å². The van der Waals surface area contributed by atoms with Crippen molar-refractivity contribution in [3.63, 3.8) is 0 Å². The molecule has 0 aromatic carbocycles. The largest absolute Gasteiger partial charge is 0.466 e. The zero-order chi connectivity index (χ0) is 9.68. The van der Waals surface area contributed by atoms with Gasteiger partial charge in [-0.15, -0.1) is 0 Å². The second-order valence-electron chi connectivity index (χ2n) is 3.30. The molecule has 1 aromatic heterocycles. The predicted molar refractivity (Wildman–Crippen MR) is 51.7 cm³/mol. The second kappa shape index (κ2) is 4.85. The number of rotatable bonds is 5. The molecule has 0 N–H and O–H groups in total. The molecule has 0 aliphatic heterocycles. The van der Waals surface area contributed by atoms with Crippen molar-refractivity contribution >= 4 is 5.78 Å². The van der Waals surface area contributed by atoms with Crippen molar-refractivity contribution < 1.29 is 9.21 Å². The molecule has 0 saturated heterocycles. The van der Waals surface area contributed by atoms with E-state index in [4.69, 9.17) is 4.42 Å². The number of Topliss-reactive ketones (excluding diaryl/α,β-unsaturated/α-hetero) is 1. The molecule has 72 valence electrons. The van der Waals surface area contributed by atoms with Crippen LogP contribution in [-0.2, 0) is 11.2 Å². The molecule has 0 aliphatic carbocycles. The van der Waals surface area contributed by atoms with Crippen LogP contribution < -0.4 is 0 Å². The molecule has 0 unspecified atom stereocenters. The van der Waals surface area contributed by atoms with Crippen molar-refractivity contribution in [3.8, 4) is 0 Å². The Bertz CT molecular complexity index is 273. The normalized spacial score (nSPS) is 10.3. The molecular weight excluding hydrogens is 164 g/mol. The molecule has 0 aliphatic rings. The molecule has 0 atom stereocenters. The molecule has 13 heavy (non-hydrogen) atoms. The monoisotopic (exact) mass is 180 g/mol. The standard InChI is InChI=1S/C11H16O2/c1-3-4-10(12)6-8-11-7-5-9(2)13-11/h5,7H,3-4,6,8H2,1-2H3. The first-order valence-corrected chi connectivity index (χ1v) is 4.79. The van der Waals surface area contributed by atoms with Crippen LogP contribution in [0.4, 0.5) is 0 Å². The summed E-state index contributed by atoms with van der Waals surface area (Å²) in [6, 6.07) is 3.87. The number of carbonyl (C=O) groups excluding carboxylic acids is 1. The molecule has 0 radical (unpaired) electrons. The Morgan fingerprint density at radius 2 is 2.15 bits per heavy atom. The molecule has 0 bridgehead atoms. The van der Waals surface area contributed by atoms with Gasteiger partial charge >= 0.3 is 0 Å². The van der Waals surface area contributed by atoms with E-state index >= 15 is 0 Å². The number of furan rings is 1. The molecule has 2 heteroatoms. The SMILES string of the molecule is CCCC(=O)CCc1ccc(C)o1. The van der Waals surface area contributed by atoms with Crippen LogP contribution in [0.25, 0.3) is 0 Å². The van der Waals surface area contributed by atoms with E-state index in [1.807, 2.05) is 26.0 Å². The van der Waals surface area contributed by atoms with Gasteiger partial charge in [-0.1, -0.05) is 6.92 Å². The van der Waals surface area contributed by atoms with Gasteiger partial charge in [0.25, 0.3) is 0 Å². The van der Waals surface area contributed by atoms with Gasteiger partial charge in [0.15, 0.2) is 0 Å². The number of carbonyl (C=O) groups is 1. The van der Waals surface area contributed by atoms with Gasteiger partial charge < -0.3 is 4.42 Å². The molecule has 0 fully saturated rings.